The molecule has 0 amide bonds. The SMILES string of the molecule is CCCCc1c(CC)cccc1C(C)(C)F. The van der Waals surface area contributed by atoms with Crippen LogP contribution in [0, 0.1) is 0 Å². The van der Waals surface area contributed by atoms with E-state index < -0.39 is 5.67 Å². The number of benzene rings is 1. The maximum absolute atomic E-state index is 14.1. The molecule has 0 fully saturated rings. The van der Waals surface area contributed by atoms with Gasteiger partial charge in [-0.2, -0.15) is 0 Å². The first-order chi connectivity index (χ1) is 7.50. The lowest BCUT2D eigenvalue weighted by molar-refractivity contribution is 0.219. The van der Waals surface area contributed by atoms with E-state index in [9.17, 15) is 4.39 Å². The Morgan fingerprint density at radius 2 is 1.88 bits per heavy atom. The number of halogens is 1. The van der Waals surface area contributed by atoms with E-state index in [1.54, 1.807) is 13.8 Å². The van der Waals surface area contributed by atoms with E-state index in [-0.39, 0.29) is 0 Å². The smallest absolute Gasteiger partial charge is 0.130 e. The van der Waals surface area contributed by atoms with Crippen molar-refractivity contribution in [3.8, 4) is 0 Å². The van der Waals surface area contributed by atoms with Gasteiger partial charge in [-0.3, -0.25) is 0 Å². The summed E-state index contributed by atoms with van der Waals surface area (Å²) in [5.74, 6) is 0. The predicted octanol–water partition coefficient (Wildman–Crippen LogP) is 4.80. The highest BCUT2D eigenvalue weighted by atomic mass is 19.1. The third kappa shape index (κ3) is 3.07. The van der Waals surface area contributed by atoms with Gasteiger partial charge in [0, 0.05) is 0 Å². The second-order valence-electron chi connectivity index (χ2n) is 4.87. The summed E-state index contributed by atoms with van der Waals surface area (Å²) in [6, 6.07) is 6.04. The van der Waals surface area contributed by atoms with E-state index >= 15 is 0 Å². The molecule has 1 rings (SSSR count). The van der Waals surface area contributed by atoms with E-state index in [0.29, 0.717) is 0 Å². The van der Waals surface area contributed by atoms with Gasteiger partial charge in [-0.1, -0.05) is 38.5 Å². The fourth-order valence-corrected chi connectivity index (χ4v) is 2.17. The van der Waals surface area contributed by atoms with E-state index in [0.717, 1.165) is 31.2 Å². The van der Waals surface area contributed by atoms with E-state index in [2.05, 4.69) is 19.9 Å². The number of aryl methyl sites for hydroxylation is 1. The average Bonchev–Trinajstić information content (AvgIpc) is 2.24. The summed E-state index contributed by atoms with van der Waals surface area (Å²) < 4.78 is 14.1. The monoisotopic (exact) mass is 222 g/mol. The Hall–Kier alpha value is -0.850. The minimum absolute atomic E-state index is 0.875. The molecule has 90 valence electrons. The molecule has 0 heterocycles. The molecule has 1 heteroatoms. The summed E-state index contributed by atoms with van der Waals surface area (Å²) in [6.45, 7) is 7.61. The van der Waals surface area contributed by atoms with Gasteiger partial charge in [0.1, 0.15) is 5.67 Å². The third-order valence-corrected chi connectivity index (χ3v) is 3.07. The normalized spacial score (nSPS) is 11.8. The molecule has 16 heavy (non-hydrogen) atoms. The van der Waals surface area contributed by atoms with Crippen LogP contribution in [0.3, 0.4) is 0 Å². The lowest BCUT2D eigenvalue weighted by atomic mass is 9.88. The molecule has 0 aliphatic heterocycles. The minimum Gasteiger partial charge on any atom is -0.239 e. The van der Waals surface area contributed by atoms with Crippen molar-refractivity contribution in [1.82, 2.24) is 0 Å². The summed E-state index contributed by atoms with van der Waals surface area (Å²) in [5.41, 5.74) is 2.19. The van der Waals surface area contributed by atoms with Gasteiger partial charge in [0.25, 0.3) is 0 Å². The molecule has 1 aromatic carbocycles. The summed E-state index contributed by atoms with van der Waals surface area (Å²) in [5, 5.41) is 0. The third-order valence-electron chi connectivity index (χ3n) is 3.07. The molecule has 0 aromatic heterocycles. The van der Waals surface area contributed by atoms with Gasteiger partial charge in [0.05, 0.1) is 0 Å². The molecule has 0 N–H and O–H groups in total. The molecule has 0 saturated heterocycles. The fourth-order valence-electron chi connectivity index (χ4n) is 2.17. The largest absolute Gasteiger partial charge is 0.239 e. The first-order valence-corrected chi connectivity index (χ1v) is 6.30. The van der Waals surface area contributed by atoms with Gasteiger partial charge in [-0.05, 0) is 49.8 Å². The lowest BCUT2D eigenvalue weighted by Gasteiger charge is -2.21. The molecule has 0 nitrogen and oxygen atoms in total. The van der Waals surface area contributed by atoms with Crippen LogP contribution < -0.4 is 0 Å². The second kappa shape index (κ2) is 5.47. The molecular weight excluding hydrogens is 199 g/mol. The lowest BCUT2D eigenvalue weighted by Crippen LogP contribution is -2.14. The Morgan fingerprint density at radius 1 is 1.19 bits per heavy atom. The molecule has 0 bridgehead atoms. The molecule has 1 aromatic rings. The molecule has 0 aliphatic rings. The van der Waals surface area contributed by atoms with Crippen molar-refractivity contribution in [1.29, 1.82) is 0 Å². The van der Waals surface area contributed by atoms with E-state index in [4.69, 9.17) is 0 Å². The van der Waals surface area contributed by atoms with Crippen LogP contribution in [-0.4, -0.2) is 0 Å². The van der Waals surface area contributed by atoms with Crippen LogP contribution in [-0.2, 0) is 18.5 Å². The number of unbranched alkanes of at least 4 members (excludes halogenated alkanes) is 1. The highest BCUT2D eigenvalue weighted by Crippen LogP contribution is 2.31. The van der Waals surface area contributed by atoms with Gasteiger partial charge < -0.3 is 0 Å². The Kier molecular flexibility index (Phi) is 4.52. The molecule has 0 unspecified atom stereocenters. The molecule has 0 saturated carbocycles. The van der Waals surface area contributed by atoms with Crippen molar-refractivity contribution in [2.45, 2.75) is 59.0 Å². The van der Waals surface area contributed by atoms with Gasteiger partial charge in [-0.25, -0.2) is 4.39 Å². The van der Waals surface area contributed by atoms with Crippen molar-refractivity contribution in [2.75, 3.05) is 0 Å². The Bertz CT molecular complexity index is 334. The predicted molar refractivity (Wildman–Crippen MR) is 68.6 cm³/mol. The maximum Gasteiger partial charge on any atom is 0.130 e. The summed E-state index contributed by atoms with van der Waals surface area (Å²) in [4.78, 5) is 0. The van der Waals surface area contributed by atoms with E-state index in [1.165, 1.54) is 11.1 Å². The molecule has 0 aliphatic carbocycles. The first-order valence-electron chi connectivity index (χ1n) is 6.30. The summed E-state index contributed by atoms with van der Waals surface area (Å²) in [6.07, 6.45) is 4.29. The van der Waals surface area contributed by atoms with Crippen LogP contribution in [0.1, 0.15) is 57.2 Å². The molecule has 0 radical (unpaired) electrons. The molecular formula is C15H23F. The van der Waals surface area contributed by atoms with Crippen LogP contribution >= 0.6 is 0 Å². The summed E-state index contributed by atoms with van der Waals surface area (Å²) in [7, 11) is 0. The van der Waals surface area contributed by atoms with Crippen LogP contribution in [0.4, 0.5) is 4.39 Å². The van der Waals surface area contributed by atoms with Gasteiger partial charge in [-0.15, -0.1) is 0 Å². The van der Waals surface area contributed by atoms with Crippen molar-refractivity contribution in [3.05, 3.63) is 34.9 Å². The number of hydrogen-bond acceptors (Lipinski definition) is 0. The number of hydrogen-bond donors (Lipinski definition) is 0. The number of alkyl halides is 1. The fraction of sp³-hybridized carbons (Fsp3) is 0.600. The van der Waals surface area contributed by atoms with Crippen LogP contribution in [0.25, 0.3) is 0 Å². The van der Waals surface area contributed by atoms with Gasteiger partial charge >= 0.3 is 0 Å². The highest BCUT2D eigenvalue weighted by Gasteiger charge is 2.23. The Labute approximate surface area is 98.9 Å². The van der Waals surface area contributed by atoms with E-state index in [1.807, 2.05) is 12.1 Å². The first kappa shape index (κ1) is 13.2. The molecule has 0 atom stereocenters. The van der Waals surface area contributed by atoms with Crippen molar-refractivity contribution < 1.29 is 4.39 Å². The van der Waals surface area contributed by atoms with Crippen LogP contribution in [0.15, 0.2) is 18.2 Å². The topological polar surface area (TPSA) is 0 Å². The maximum atomic E-state index is 14.1. The minimum atomic E-state index is -1.23. The van der Waals surface area contributed by atoms with Crippen molar-refractivity contribution in [2.24, 2.45) is 0 Å². The second-order valence-corrected chi connectivity index (χ2v) is 4.87. The number of rotatable bonds is 5. The zero-order valence-corrected chi connectivity index (χ0v) is 10.9. The average molecular weight is 222 g/mol. The molecule has 0 spiro atoms. The quantitative estimate of drug-likeness (QED) is 0.671. The summed E-state index contributed by atoms with van der Waals surface area (Å²) >= 11 is 0. The van der Waals surface area contributed by atoms with Crippen LogP contribution in [0.5, 0.6) is 0 Å². The van der Waals surface area contributed by atoms with Crippen LogP contribution in [0.2, 0.25) is 0 Å². The standard InChI is InChI=1S/C15H23F/c1-5-7-10-13-12(6-2)9-8-11-14(13)15(3,4)16/h8-9,11H,5-7,10H2,1-4H3. The Morgan fingerprint density at radius 3 is 2.38 bits per heavy atom. The zero-order chi connectivity index (χ0) is 12.2. The van der Waals surface area contributed by atoms with Crippen molar-refractivity contribution >= 4 is 0 Å². The van der Waals surface area contributed by atoms with Crippen molar-refractivity contribution in [3.63, 3.8) is 0 Å². The van der Waals surface area contributed by atoms with Gasteiger partial charge in [0.15, 0.2) is 0 Å². The Balaban J connectivity index is 3.15. The zero-order valence-electron chi connectivity index (χ0n) is 10.9. The highest BCUT2D eigenvalue weighted by molar-refractivity contribution is 5.38. The van der Waals surface area contributed by atoms with Gasteiger partial charge in [0.2, 0.25) is 0 Å².